The van der Waals surface area contributed by atoms with Crippen molar-refractivity contribution in [1.29, 1.82) is 0 Å². The van der Waals surface area contributed by atoms with E-state index in [2.05, 4.69) is 10.0 Å². The fourth-order valence-electron chi connectivity index (χ4n) is 3.57. The lowest BCUT2D eigenvalue weighted by atomic mass is 9.74. The first kappa shape index (κ1) is 20.7. The molecule has 2 aliphatic rings. The van der Waals surface area contributed by atoms with Crippen molar-refractivity contribution in [1.82, 2.24) is 10.0 Å². The van der Waals surface area contributed by atoms with E-state index >= 15 is 0 Å². The van der Waals surface area contributed by atoms with Crippen LogP contribution in [0.1, 0.15) is 48.0 Å². The molecule has 1 amide bonds. The summed E-state index contributed by atoms with van der Waals surface area (Å²) in [5, 5.41) is 3.98. The number of sulfonamides is 1. The standard InChI is InChI=1S/C21H22Cl2N2O3S/c22-16-5-2-15(19(23)12-16)13-21(10-1-11-21)25-29(27,28)18-8-3-14(4-9-18)20(26)24-17-6-7-17/h2-5,8-9,12,17,25H,1,6-7,10-11,13H2,(H,24,26). The Hall–Kier alpha value is -1.60. The van der Waals surface area contributed by atoms with Gasteiger partial charge in [-0.1, -0.05) is 29.3 Å². The first-order valence-corrected chi connectivity index (χ1v) is 11.9. The van der Waals surface area contributed by atoms with Crippen LogP contribution >= 0.6 is 23.2 Å². The van der Waals surface area contributed by atoms with Gasteiger partial charge in [0.15, 0.2) is 0 Å². The maximum Gasteiger partial charge on any atom is 0.251 e. The molecule has 0 unspecified atom stereocenters. The third kappa shape index (κ3) is 4.77. The van der Waals surface area contributed by atoms with Crippen molar-refractivity contribution in [3.63, 3.8) is 0 Å². The largest absolute Gasteiger partial charge is 0.349 e. The van der Waals surface area contributed by atoms with Crippen LogP contribution in [0.25, 0.3) is 0 Å². The van der Waals surface area contributed by atoms with E-state index in [0.717, 1.165) is 37.7 Å². The normalized spacial score (nSPS) is 18.1. The highest BCUT2D eigenvalue weighted by atomic mass is 35.5. The molecule has 2 fully saturated rings. The Morgan fingerprint density at radius 2 is 1.76 bits per heavy atom. The summed E-state index contributed by atoms with van der Waals surface area (Å²) in [5.74, 6) is -0.169. The minimum atomic E-state index is -3.72. The molecular weight excluding hydrogens is 431 g/mol. The van der Waals surface area contributed by atoms with Gasteiger partial charge in [0.2, 0.25) is 10.0 Å². The smallest absolute Gasteiger partial charge is 0.251 e. The van der Waals surface area contributed by atoms with Gasteiger partial charge < -0.3 is 5.32 Å². The lowest BCUT2D eigenvalue weighted by Gasteiger charge is -2.42. The molecule has 0 spiro atoms. The molecule has 2 aromatic rings. The van der Waals surface area contributed by atoms with Gasteiger partial charge in [0.1, 0.15) is 0 Å². The molecular formula is C21H22Cl2N2O3S. The molecule has 4 rings (SSSR count). The molecule has 0 aromatic heterocycles. The zero-order chi connectivity index (χ0) is 20.6. The minimum absolute atomic E-state index is 0.147. The number of hydrogen-bond donors (Lipinski definition) is 2. The summed E-state index contributed by atoms with van der Waals surface area (Å²) in [4.78, 5) is 12.2. The average Bonchev–Trinajstić information content (AvgIpc) is 3.46. The number of benzene rings is 2. The first-order chi connectivity index (χ1) is 13.8. The molecule has 5 nitrogen and oxygen atoms in total. The van der Waals surface area contributed by atoms with E-state index in [4.69, 9.17) is 23.2 Å². The van der Waals surface area contributed by atoms with Crippen molar-refractivity contribution >= 4 is 39.1 Å². The Balaban J connectivity index is 1.49. The summed E-state index contributed by atoms with van der Waals surface area (Å²) in [6.07, 6.45) is 4.95. The monoisotopic (exact) mass is 452 g/mol. The van der Waals surface area contributed by atoms with E-state index in [9.17, 15) is 13.2 Å². The van der Waals surface area contributed by atoms with Crippen LogP contribution in [0, 0.1) is 0 Å². The Bertz CT molecular complexity index is 1030. The first-order valence-electron chi connectivity index (χ1n) is 9.65. The third-order valence-electron chi connectivity index (χ3n) is 5.54. The van der Waals surface area contributed by atoms with Crippen LogP contribution in [0.5, 0.6) is 0 Å². The molecule has 154 valence electrons. The Morgan fingerprint density at radius 1 is 1.07 bits per heavy atom. The molecule has 0 radical (unpaired) electrons. The molecule has 2 N–H and O–H groups in total. The van der Waals surface area contributed by atoms with Gasteiger partial charge in [0.05, 0.1) is 4.90 Å². The number of nitrogens with one attached hydrogen (secondary N) is 2. The third-order valence-corrected chi connectivity index (χ3v) is 7.73. The Labute approximate surface area is 180 Å². The number of carbonyl (C=O) groups is 1. The van der Waals surface area contributed by atoms with Crippen molar-refractivity contribution in [2.24, 2.45) is 0 Å². The van der Waals surface area contributed by atoms with Gasteiger partial charge in [0, 0.05) is 27.2 Å². The van der Waals surface area contributed by atoms with Crippen molar-refractivity contribution in [2.45, 2.75) is 55.0 Å². The van der Waals surface area contributed by atoms with Crippen molar-refractivity contribution in [3.8, 4) is 0 Å². The number of halogens is 2. The van der Waals surface area contributed by atoms with Crippen LogP contribution in [0.4, 0.5) is 0 Å². The summed E-state index contributed by atoms with van der Waals surface area (Å²) in [7, 11) is -3.72. The van der Waals surface area contributed by atoms with E-state index in [1.807, 2.05) is 6.07 Å². The van der Waals surface area contributed by atoms with Crippen LogP contribution in [0.15, 0.2) is 47.4 Å². The predicted octanol–water partition coefficient (Wildman–Crippen LogP) is 4.33. The van der Waals surface area contributed by atoms with Crippen LogP contribution in [0.2, 0.25) is 10.0 Å². The molecule has 0 atom stereocenters. The van der Waals surface area contributed by atoms with Gasteiger partial charge in [-0.2, -0.15) is 0 Å². The second-order valence-corrected chi connectivity index (χ2v) is 10.5. The highest BCUT2D eigenvalue weighted by Crippen LogP contribution is 2.38. The zero-order valence-electron chi connectivity index (χ0n) is 15.8. The highest BCUT2D eigenvalue weighted by molar-refractivity contribution is 7.89. The van der Waals surface area contributed by atoms with Gasteiger partial charge in [-0.15, -0.1) is 0 Å². The van der Waals surface area contributed by atoms with Crippen LogP contribution in [0.3, 0.4) is 0 Å². The lowest BCUT2D eigenvalue weighted by Crippen LogP contribution is -2.54. The summed E-state index contributed by atoms with van der Waals surface area (Å²) < 4.78 is 28.8. The summed E-state index contributed by atoms with van der Waals surface area (Å²) in [5.41, 5.74) is 0.769. The molecule has 2 saturated carbocycles. The van der Waals surface area contributed by atoms with Gasteiger partial charge in [-0.05, 0) is 80.5 Å². The summed E-state index contributed by atoms with van der Waals surface area (Å²) in [6.45, 7) is 0. The molecule has 29 heavy (non-hydrogen) atoms. The van der Waals surface area contributed by atoms with E-state index in [0.29, 0.717) is 22.0 Å². The van der Waals surface area contributed by atoms with Gasteiger partial charge in [0.25, 0.3) is 5.91 Å². The fourth-order valence-corrected chi connectivity index (χ4v) is 5.51. The minimum Gasteiger partial charge on any atom is -0.349 e. The molecule has 0 saturated heterocycles. The average molecular weight is 453 g/mol. The zero-order valence-corrected chi connectivity index (χ0v) is 18.1. The maximum absolute atomic E-state index is 13.0. The topological polar surface area (TPSA) is 75.3 Å². The van der Waals surface area contributed by atoms with Crippen LogP contribution in [-0.2, 0) is 16.4 Å². The predicted molar refractivity (Wildman–Crippen MR) is 114 cm³/mol. The SMILES string of the molecule is O=C(NC1CC1)c1ccc(S(=O)(=O)NC2(Cc3ccc(Cl)cc3Cl)CCC2)cc1. The van der Waals surface area contributed by atoms with Gasteiger partial charge in [-0.3, -0.25) is 4.79 Å². The number of carbonyl (C=O) groups excluding carboxylic acids is 1. The number of amides is 1. The maximum atomic E-state index is 13.0. The molecule has 2 aromatic carbocycles. The molecule has 0 aliphatic heterocycles. The number of hydrogen-bond acceptors (Lipinski definition) is 3. The molecule has 0 bridgehead atoms. The van der Waals surface area contributed by atoms with Crippen molar-refractivity contribution in [3.05, 3.63) is 63.6 Å². The van der Waals surface area contributed by atoms with Crippen molar-refractivity contribution < 1.29 is 13.2 Å². The molecule has 0 heterocycles. The highest BCUT2D eigenvalue weighted by Gasteiger charge is 2.41. The van der Waals surface area contributed by atoms with E-state index in [-0.39, 0.29) is 16.8 Å². The lowest BCUT2D eigenvalue weighted by molar-refractivity contribution is 0.0951. The quantitative estimate of drug-likeness (QED) is 0.656. The molecule has 2 aliphatic carbocycles. The van der Waals surface area contributed by atoms with Crippen molar-refractivity contribution in [2.75, 3.05) is 0 Å². The van der Waals surface area contributed by atoms with E-state index in [1.54, 1.807) is 24.3 Å². The number of rotatable bonds is 7. The fraction of sp³-hybridized carbons (Fsp3) is 0.381. The second-order valence-electron chi connectivity index (χ2n) is 7.92. The second kappa shape index (κ2) is 7.91. The molecule has 8 heteroatoms. The van der Waals surface area contributed by atoms with Crippen LogP contribution in [-0.4, -0.2) is 25.9 Å². The summed E-state index contributed by atoms with van der Waals surface area (Å²) in [6, 6.07) is 11.6. The Morgan fingerprint density at radius 3 is 2.31 bits per heavy atom. The van der Waals surface area contributed by atoms with Crippen LogP contribution < -0.4 is 10.0 Å². The van der Waals surface area contributed by atoms with E-state index in [1.165, 1.54) is 12.1 Å². The van der Waals surface area contributed by atoms with Gasteiger partial charge >= 0.3 is 0 Å². The summed E-state index contributed by atoms with van der Waals surface area (Å²) >= 11 is 12.3. The van der Waals surface area contributed by atoms with E-state index < -0.39 is 15.6 Å². The Kier molecular flexibility index (Phi) is 5.64. The van der Waals surface area contributed by atoms with Gasteiger partial charge in [-0.25, -0.2) is 13.1 Å².